The fraction of sp³-hybridized carbons (Fsp3) is 0.600. The molecule has 1 aromatic carbocycles. The fourth-order valence-electron chi connectivity index (χ4n) is 2.17. The summed E-state index contributed by atoms with van der Waals surface area (Å²) >= 11 is 0. The largest absolute Gasteiger partial charge is 0.380 e. The Balaban J connectivity index is 2.38. The van der Waals surface area contributed by atoms with Crippen LogP contribution in [0.1, 0.15) is 38.7 Å². The molecular formula is C15H25FO3Si. The second-order valence-electron chi connectivity index (χ2n) is 4.59. The average Bonchev–Trinajstić information content (AvgIpc) is 2.46. The molecule has 0 fully saturated rings. The Morgan fingerprint density at radius 1 is 1.05 bits per heavy atom. The van der Waals surface area contributed by atoms with Gasteiger partial charge in [-0.25, -0.2) is 4.39 Å². The molecule has 0 atom stereocenters. The number of unbranched alkanes of at least 4 members (excludes halogenated alkanes) is 1. The van der Waals surface area contributed by atoms with E-state index in [1.807, 2.05) is 26.0 Å². The topological polar surface area (TPSA) is 27.7 Å². The van der Waals surface area contributed by atoms with Crippen molar-refractivity contribution in [2.75, 3.05) is 13.2 Å². The average molecular weight is 300 g/mol. The van der Waals surface area contributed by atoms with E-state index in [9.17, 15) is 4.39 Å². The van der Waals surface area contributed by atoms with Crippen molar-refractivity contribution >= 4 is 10.5 Å². The summed E-state index contributed by atoms with van der Waals surface area (Å²) < 4.78 is 29.6. The number of aryl methyl sites for hydroxylation is 1. The van der Waals surface area contributed by atoms with Gasteiger partial charge in [0.25, 0.3) is 5.97 Å². The number of hydrogen-bond acceptors (Lipinski definition) is 3. The quantitative estimate of drug-likeness (QED) is 0.378. The van der Waals surface area contributed by atoms with Gasteiger partial charge in [-0.3, -0.25) is 0 Å². The maximum absolute atomic E-state index is 12.8. The molecule has 0 aliphatic carbocycles. The zero-order chi connectivity index (χ0) is 14.8. The van der Waals surface area contributed by atoms with Crippen LogP contribution in [0.25, 0.3) is 0 Å². The first-order chi connectivity index (χ1) is 9.65. The van der Waals surface area contributed by atoms with Crippen LogP contribution in [0.3, 0.4) is 0 Å². The highest BCUT2D eigenvalue weighted by Crippen LogP contribution is 2.22. The normalized spacial score (nSPS) is 11.9. The SMILES string of the molecule is CCOC(CCCCc1ccc(F)cc1)(O[SiH3])OCC. The maximum atomic E-state index is 12.8. The molecule has 0 heterocycles. The maximum Gasteiger partial charge on any atom is 0.272 e. The Bertz CT molecular complexity index is 364. The molecule has 0 N–H and O–H groups in total. The van der Waals surface area contributed by atoms with Crippen molar-refractivity contribution in [2.24, 2.45) is 0 Å². The van der Waals surface area contributed by atoms with Crippen LogP contribution in [0, 0.1) is 5.82 Å². The van der Waals surface area contributed by atoms with Crippen molar-refractivity contribution in [2.45, 2.75) is 45.5 Å². The summed E-state index contributed by atoms with van der Waals surface area (Å²) in [6.45, 7) is 5.01. The highest BCUT2D eigenvalue weighted by Gasteiger charge is 2.29. The summed E-state index contributed by atoms with van der Waals surface area (Å²) in [5.41, 5.74) is 1.15. The van der Waals surface area contributed by atoms with Crippen molar-refractivity contribution < 1.29 is 18.3 Å². The lowest BCUT2D eigenvalue weighted by atomic mass is 10.1. The van der Waals surface area contributed by atoms with Gasteiger partial charge >= 0.3 is 0 Å². The molecule has 1 rings (SSSR count). The Kier molecular flexibility index (Phi) is 7.99. The van der Waals surface area contributed by atoms with E-state index in [1.54, 1.807) is 0 Å². The van der Waals surface area contributed by atoms with E-state index >= 15 is 0 Å². The van der Waals surface area contributed by atoms with Gasteiger partial charge in [0.1, 0.15) is 5.82 Å². The van der Waals surface area contributed by atoms with E-state index < -0.39 is 5.97 Å². The lowest BCUT2D eigenvalue weighted by molar-refractivity contribution is -0.344. The second kappa shape index (κ2) is 9.23. The first-order valence-electron chi connectivity index (χ1n) is 7.23. The Hall–Kier alpha value is -0.753. The van der Waals surface area contributed by atoms with Gasteiger partial charge < -0.3 is 13.9 Å². The minimum absolute atomic E-state index is 0.190. The van der Waals surface area contributed by atoms with Gasteiger partial charge in [0.05, 0.1) is 0 Å². The summed E-state index contributed by atoms with van der Waals surface area (Å²) in [5.74, 6) is -1.05. The van der Waals surface area contributed by atoms with Gasteiger partial charge in [0.2, 0.25) is 0 Å². The van der Waals surface area contributed by atoms with E-state index in [-0.39, 0.29) is 5.82 Å². The van der Waals surface area contributed by atoms with Crippen LogP contribution in [0.4, 0.5) is 4.39 Å². The van der Waals surface area contributed by atoms with Crippen LogP contribution < -0.4 is 0 Å². The van der Waals surface area contributed by atoms with E-state index in [1.165, 1.54) is 12.1 Å². The van der Waals surface area contributed by atoms with Gasteiger partial charge in [-0.2, -0.15) is 0 Å². The molecular weight excluding hydrogens is 275 g/mol. The smallest absolute Gasteiger partial charge is 0.272 e. The molecule has 0 aliphatic rings. The molecule has 0 saturated heterocycles. The molecule has 114 valence electrons. The minimum Gasteiger partial charge on any atom is -0.380 e. The van der Waals surface area contributed by atoms with Gasteiger partial charge in [0.15, 0.2) is 10.5 Å². The number of hydrogen-bond donors (Lipinski definition) is 0. The van der Waals surface area contributed by atoms with Crippen LogP contribution in [0.5, 0.6) is 0 Å². The van der Waals surface area contributed by atoms with Crippen LogP contribution in [-0.4, -0.2) is 29.7 Å². The third-order valence-corrected chi connectivity index (χ3v) is 3.77. The molecule has 0 unspecified atom stereocenters. The predicted molar refractivity (Wildman–Crippen MR) is 81.0 cm³/mol. The number of rotatable bonds is 10. The number of benzene rings is 1. The third kappa shape index (κ3) is 5.71. The standard InChI is InChI=1S/C15H25FO3Si/c1-3-17-15(19-20,18-4-2)12-6-5-7-13-8-10-14(16)11-9-13/h8-11H,3-7,12H2,1-2,20H3. The van der Waals surface area contributed by atoms with Gasteiger partial charge in [0, 0.05) is 19.6 Å². The summed E-state index contributed by atoms with van der Waals surface area (Å²) in [6, 6.07) is 6.66. The summed E-state index contributed by atoms with van der Waals surface area (Å²) in [7, 11) is 0.576. The van der Waals surface area contributed by atoms with Gasteiger partial charge in [-0.15, -0.1) is 0 Å². The molecule has 5 heteroatoms. The molecule has 1 aromatic rings. The van der Waals surface area contributed by atoms with E-state index in [4.69, 9.17) is 13.9 Å². The minimum atomic E-state index is -0.863. The van der Waals surface area contributed by atoms with E-state index in [0.29, 0.717) is 23.7 Å². The molecule has 20 heavy (non-hydrogen) atoms. The first-order valence-corrected chi connectivity index (χ1v) is 8.05. The zero-order valence-electron chi connectivity index (χ0n) is 12.7. The number of halogens is 1. The fourth-order valence-corrected chi connectivity index (χ4v) is 2.61. The summed E-state index contributed by atoms with van der Waals surface area (Å²) in [5, 5.41) is 0. The zero-order valence-corrected chi connectivity index (χ0v) is 14.7. The Morgan fingerprint density at radius 3 is 2.15 bits per heavy atom. The van der Waals surface area contributed by atoms with Crippen molar-refractivity contribution in [3.63, 3.8) is 0 Å². The van der Waals surface area contributed by atoms with Crippen LogP contribution in [-0.2, 0) is 20.3 Å². The molecule has 0 radical (unpaired) electrons. The molecule has 3 nitrogen and oxygen atoms in total. The molecule has 0 saturated carbocycles. The second-order valence-corrected chi connectivity index (χ2v) is 4.99. The van der Waals surface area contributed by atoms with Crippen molar-refractivity contribution in [3.8, 4) is 0 Å². The van der Waals surface area contributed by atoms with Crippen LogP contribution >= 0.6 is 0 Å². The van der Waals surface area contributed by atoms with Gasteiger partial charge in [-0.1, -0.05) is 12.1 Å². The van der Waals surface area contributed by atoms with Crippen LogP contribution in [0.15, 0.2) is 24.3 Å². The third-order valence-electron chi connectivity index (χ3n) is 3.15. The molecule has 0 aromatic heterocycles. The van der Waals surface area contributed by atoms with Crippen LogP contribution in [0.2, 0.25) is 0 Å². The summed E-state index contributed by atoms with van der Waals surface area (Å²) in [6.07, 6.45) is 3.59. The van der Waals surface area contributed by atoms with Crippen molar-refractivity contribution in [1.29, 1.82) is 0 Å². The predicted octanol–water partition coefficient (Wildman–Crippen LogP) is 2.56. The van der Waals surface area contributed by atoms with E-state index in [0.717, 1.165) is 31.2 Å². The highest BCUT2D eigenvalue weighted by atomic mass is 28.2. The summed E-state index contributed by atoms with van der Waals surface area (Å²) in [4.78, 5) is 0. The first kappa shape index (κ1) is 17.3. The monoisotopic (exact) mass is 300 g/mol. The van der Waals surface area contributed by atoms with Crippen molar-refractivity contribution in [3.05, 3.63) is 35.6 Å². The molecule has 0 aliphatic heterocycles. The lowest BCUT2D eigenvalue weighted by Crippen LogP contribution is -2.38. The van der Waals surface area contributed by atoms with Crippen molar-refractivity contribution in [1.82, 2.24) is 0 Å². The molecule has 0 spiro atoms. The Labute approximate surface area is 124 Å². The van der Waals surface area contributed by atoms with E-state index in [2.05, 4.69) is 0 Å². The number of ether oxygens (including phenoxy) is 2. The Morgan fingerprint density at radius 2 is 1.65 bits per heavy atom. The lowest BCUT2D eigenvalue weighted by Gasteiger charge is -2.31. The molecule has 0 bridgehead atoms. The van der Waals surface area contributed by atoms with Gasteiger partial charge in [-0.05, 0) is 50.8 Å². The molecule has 0 amide bonds. The highest BCUT2D eigenvalue weighted by molar-refractivity contribution is 5.98.